The SMILES string of the molecule is CNCCC(=O)N1CCN(C(=O)c2ccc(C)c(OC)c2)CC1.Cl. The number of ether oxygens (including phenoxy) is 1. The highest BCUT2D eigenvalue weighted by Crippen LogP contribution is 2.20. The lowest BCUT2D eigenvalue weighted by Gasteiger charge is -2.35. The van der Waals surface area contributed by atoms with Crippen LogP contribution < -0.4 is 10.1 Å². The van der Waals surface area contributed by atoms with Crippen molar-refractivity contribution >= 4 is 24.2 Å². The van der Waals surface area contributed by atoms with Crippen molar-refractivity contribution in [2.45, 2.75) is 13.3 Å². The second kappa shape index (κ2) is 9.49. The molecule has 0 aliphatic carbocycles. The Morgan fingerprint density at radius 2 is 1.79 bits per heavy atom. The van der Waals surface area contributed by atoms with E-state index in [9.17, 15) is 9.59 Å². The van der Waals surface area contributed by atoms with Crippen LogP contribution in [0.3, 0.4) is 0 Å². The van der Waals surface area contributed by atoms with Gasteiger partial charge in [-0.2, -0.15) is 0 Å². The molecule has 1 saturated heterocycles. The van der Waals surface area contributed by atoms with Gasteiger partial charge in [0.25, 0.3) is 5.91 Å². The average Bonchev–Trinajstić information content (AvgIpc) is 2.59. The van der Waals surface area contributed by atoms with Gasteiger partial charge < -0.3 is 19.9 Å². The lowest BCUT2D eigenvalue weighted by atomic mass is 10.1. The summed E-state index contributed by atoms with van der Waals surface area (Å²) in [5.41, 5.74) is 1.63. The van der Waals surface area contributed by atoms with Gasteiger partial charge in [0.2, 0.25) is 5.91 Å². The molecule has 0 radical (unpaired) electrons. The van der Waals surface area contributed by atoms with Gasteiger partial charge in [-0.25, -0.2) is 0 Å². The Morgan fingerprint density at radius 3 is 2.38 bits per heavy atom. The molecule has 2 rings (SSSR count). The van der Waals surface area contributed by atoms with Crippen LogP contribution in [0.25, 0.3) is 0 Å². The van der Waals surface area contributed by atoms with E-state index in [4.69, 9.17) is 4.74 Å². The molecule has 134 valence electrons. The van der Waals surface area contributed by atoms with Crippen LogP contribution in [0.15, 0.2) is 18.2 Å². The van der Waals surface area contributed by atoms with Crippen LogP contribution in [0.5, 0.6) is 5.75 Å². The van der Waals surface area contributed by atoms with Crippen molar-refractivity contribution in [1.82, 2.24) is 15.1 Å². The van der Waals surface area contributed by atoms with E-state index in [0.717, 1.165) is 11.3 Å². The van der Waals surface area contributed by atoms with E-state index in [-0.39, 0.29) is 24.2 Å². The van der Waals surface area contributed by atoms with E-state index in [1.807, 2.05) is 31.0 Å². The maximum Gasteiger partial charge on any atom is 0.254 e. The Bertz CT molecular complexity index is 572. The summed E-state index contributed by atoms with van der Waals surface area (Å²) < 4.78 is 5.28. The third-order valence-corrected chi connectivity index (χ3v) is 4.16. The Kier molecular flexibility index (Phi) is 8.01. The van der Waals surface area contributed by atoms with Gasteiger partial charge in [-0.1, -0.05) is 6.07 Å². The third-order valence-electron chi connectivity index (χ3n) is 4.16. The molecule has 7 heteroatoms. The van der Waals surface area contributed by atoms with Gasteiger partial charge in [-0.3, -0.25) is 9.59 Å². The van der Waals surface area contributed by atoms with Crippen molar-refractivity contribution < 1.29 is 14.3 Å². The van der Waals surface area contributed by atoms with Crippen LogP contribution in [0.1, 0.15) is 22.3 Å². The summed E-state index contributed by atoms with van der Waals surface area (Å²) in [5.74, 6) is 0.853. The molecule has 1 aromatic carbocycles. The number of nitrogens with one attached hydrogen (secondary N) is 1. The number of methoxy groups -OCH3 is 1. The highest BCUT2D eigenvalue weighted by molar-refractivity contribution is 5.95. The van der Waals surface area contributed by atoms with Crippen molar-refractivity contribution in [3.05, 3.63) is 29.3 Å². The molecule has 0 atom stereocenters. The molecule has 0 saturated carbocycles. The molecule has 0 unspecified atom stereocenters. The fourth-order valence-electron chi connectivity index (χ4n) is 2.68. The summed E-state index contributed by atoms with van der Waals surface area (Å²) in [6.45, 7) is 4.96. The van der Waals surface area contributed by atoms with Crippen LogP contribution in [0, 0.1) is 6.92 Å². The summed E-state index contributed by atoms with van der Waals surface area (Å²) in [7, 11) is 3.44. The van der Waals surface area contributed by atoms with Gasteiger partial charge in [0.1, 0.15) is 5.75 Å². The Balaban J connectivity index is 0.00000288. The summed E-state index contributed by atoms with van der Waals surface area (Å²) >= 11 is 0. The van der Waals surface area contributed by atoms with Crippen LogP contribution >= 0.6 is 12.4 Å². The summed E-state index contributed by atoms with van der Waals surface area (Å²) in [5, 5.41) is 2.98. The van der Waals surface area contributed by atoms with Crippen molar-refractivity contribution in [2.24, 2.45) is 0 Å². The van der Waals surface area contributed by atoms with Gasteiger partial charge in [0, 0.05) is 44.7 Å². The minimum absolute atomic E-state index is 0. The van der Waals surface area contributed by atoms with Crippen molar-refractivity contribution in [3.63, 3.8) is 0 Å². The molecule has 1 heterocycles. The van der Waals surface area contributed by atoms with Crippen molar-refractivity contribution in [3.8, 4) is 5.75 Å². The molecule has 0 bridgehead atoms. The first kappa shape index (κ1) is 20.3. The molecule has 1 aliphatic rings. The van der Waals surface area contributed by atoms with Crippen LogP contribution in [-0.4, -0.2) is 68.5 Å². The topological polar surface area (TPSA) is 61.9 Å². The number of hydrogen-bond donors (Lipinski definition) is 1. The summed E-state index contributed by atoms with van der Waals surface area (Å²) in [6.07, 6.45) is 0.500. The lowest BCUT2D eigenvalue weighted by molar-refractivity contribution is -0.132. The zero-order chi connectivity index (χ0) is 16.8. The van der Waals surface area contributed by atoms with E-state index in [1.54, 1.807) is 18.1 Å². The van der Waals surface area contributed by atoms with E-state index in [2.05, 4.69) is 5.32 Å². The predicted molar refractivity (Wildman–Crippen MR) is 96.0 cm³/mol. The molecule has 24 heavy (non-hydrogen) atoms. The van der Waals surface area contributed by atoms with E-state index < -0.39 is 0 Å². The third kappa shape index (κ3) is 4.85. The molecule has 6 nitrogen and oxygen atoms in total. The van der Waals surface area contributed by atoms with E-state index >= 15 is 0 Å². The van der Waals surface area contributed by atoms with Gasteiger partial charge in [0.05, 0.1) is 7.11 Å². The normalized spacial score (nSPS) is 14.1. The quantitative estimate of drug-likeness (QED) is 0.865. The first-order chi connectivity index (χ1) is 11.1. The first-order valence-corrected chi connectivity index (χ1v) is 7.93. The molecule has 1 aliphatic heterocycles. The number of hydrogen-bond acceptors (Lipinski definition) is 4. The number of carbonyl (C=O) groups is 2. The van der Waals surface area contributed by atoms with E-state index in [1.165, 1.54) is 0 Å². The number of nitrogens with zero attached hydrogens (tertiary/aromatic N) is 2. The maximum atomic E-state index is 12.6. The van der Waals surface area contributed by atoms with Crippen LogP contribution in [0.4, 0.5) is 0 Å². The number of halogens is 1. The molecule has 0 spiro atoms. The Morgan fingerprint density at radius 1 is 1.17 bits per heavy atom. The Labute approximate surface area is 149 Å². The fraction of sp³-hybridized carbons (Fsp3) is 0.529. The van der Waals surface area contributed by atoms with Gasteiger partial charge >= 0.3 is 0 Å². The minimum atomic E-state index is -0.00868. The summed E-state index contributed by atoms with van der Waals surface area (Å²) in [4.78, 5) is 28.2. The number of aryl methyl sites for hydroxylation is 1. The van der Waals surface area contributed by atoms with Gasteiger partial charge in [-0.15, -0.1) is 12.4 Å². The molecule has 1 N–H and O–H groups in total. The summed E-state index contributed by atoms with van der Waals surface area (Å²) in [6, 6.07) is 5.50. The molecular formula is C17H26ClN3O3. The molecule has 1 aromatic rings. The highest BCUT2D eigenvalue weighted by Gasteiger charge is 2.24. The van der Waals surface area contributed by atoms with Gasteiger partial charge in [-0.05, 0) is 31.7 Å². The monoisotopic (exact) mass is 355 g/mol. The molecule has 1 fully saturated rings. The van der Waals surface area contributed by atoms with Crippen molar-refractivity contribution in [2.75, 3.05) is 46.9 Å². The first-order valence-electron chi connectivity index (χ1n) is 7.93. The minimum Gasteiger partial charge on any atom is -0.496 e. The Hall–Kier alpha value is -1.79. The maximum absolute atomic E-state index is 12.6. The highest BCUT2D eigenvalue weighted by atomic mass is 35.5. The fourth-order valence-corrected chi connectivity index (χ4v) is 2.68. The van der Waals surface area contributed by atoms with E-state index in [0.29, 0.717) is 44.7 Å². The number of carbonyl (C=O) groups excluding carboxylic acids is 2. The number of amides is 2. The smallest absolute Gasteiger partial charge is 0.254 e. The zero-order valence-electron chi connectivity index (χ0n) is 14.5. The number of benzene rings is 1. The second-order valence-corrected chi connectivity index (χ2v) is 5.71. The lowest BCUT2D eigenvalue weighted by Crippen LogP contribution is -2.50. The average molecular weight is 356 g/mol. The van der Waals surface area contributed by atoms with Gasteiger partial charge in [0.15, 0.2) is 0 Å². The standard InChI is InChI=1S/C17H25N3O3.ClH/c1-13-4-5-14(12-15(13)23-3)17(22)20-10-8-19(9-11-20)16(21)6-7-18-2;/h4-5,12,18H,6-11H2,1-3H3;1H. The number of rotatable bonds is 5. The van der Waals surface area contributed by atoms with Crippen LogP contribution in [0.2, 0.25) is 0 Å². The van der Waals surface area contributed by atoms with Crippen LogP contribution in [-0.2, 0) is 4.79 Å². The molecule has 0 aromatic heterocycles. The number of piperazine rings is 1. The molecular weight excluding hydrogens is 330 g/mol. The molecule has 2 amide bonds. The zero-order valence-corrected chi connectivity index (χ0v) is 15.3. The second-order valence-electron chi connectivity index (χ2n) is 5.71. The predicted octanol–water partition coefficient (Wildman–Crippen LogP) is 1.32. The van der Waals surface area contributed by atoms with Crippen molar-refractivity contribution in [1.29, 1.82) is 0 Å². The largest absolute Gasteiger partial charge is 0.496 e.